The monoisotopic (exact) mass is 293 g/mol. The number of imidazole rings is 1. The van der Waals surface area contributed by atoms with Crippen LogP contribution >= 0.6 is 0 Å². The Balaban J connectivity index is 1.62. The lowest BCUT2D eigenvalue weighted by atomic mass is 10.1. The van der Waals surface area contributed by atoms with Crippen LogP contribution < -0.4 is 5.32 Å². The maximum atomic E-state index is 12.1. The Morgan fingerprint density at radius 2 is 2.05 bits per heavy atom. The number of amides is 1. The van der Waals surface area contributed by atoms with Crippen LogP contribution in [-0.2, 0) is 13.5 Å². The van der Waals surface area contributed by atoms with Crippen molar-refractivity contribution >= 4 is 16.9 Å². The van der Waals surface area contributed by atoms with Crippen LogP contribution in [0.1, 0.15) is 21.5 Å². The summed E-state index contributed by atoms with van der Waals surface area (Å²) >= 11 is 0. The number of aryl methyl sites for hydroxylation is 2. The molecular weight excluding hydrogens is 274 g/mol. The molecule has 0 atom stereocenters. The Morgan fingerprint density at radius 1 is 1.23 bits per heavy atom. The number of benzene rings is 2. The van der Waals surface area contributed by atoms with Crippen molar-refractivity contribution in [3.05, 3.63) is 65.5 Å². The number of rotatable bonds is 4. The Labute approximate surface area is 129 Å². The molecule has 0 bridgehead atoms. The number of nitrogens with one attached hydrogen (secondary N) is 1. The van der Waals surface area contributed by atoms with Gasteiger partial charge in [-0.15, -0.1) is 0 Å². The molecule has 0 aliphatic carbocycles. The molecule has 0 spiro atoms. The lowest BCUT2D eigenvalue weighted by Crippen LogP contribution is -2.26. The molecule has 0 unspecified atom stereocenters. The van der Waals surface area contributed by atoms with E-state index in [4.69, 9.17) is 0 Å². The third-order valence-corrected chi connectivity index (χ3v) is 3.88. The predicted octanol–water partition coefficient (Wildman–Crippen LogP) is 2.85. The molecule has 0 fully saturated rings. The van der Waals surface area contributed by atoms with E-state index in [1.54, 1.807) is 0 Å². The first kappa shape index (κ1) is 14.3. The minimum absolute atomic E-state index is 0.0167. The zero-order valence-electron chi connectivity index (χ0n) is 12.8. The van der Waals surface area contributed by atoms with E-state index in [1.165, 1.54) is 5.56 Å². The number of fused-ring (bicyclic) bond motifs is 1. The number of nitrogens with zero attached hydrogens (tertiary/aromatic N) is 2. The van der Waals surface area contributed by atoms with Gasteiger partial charge in [0.05, 0.1) is 17.4 Å². The minimum atomic E-state index is -0.0167. The van der Waals surface area contributed by atoms with E-state index in [-0.39, 0.29) is 5.91 Å². The SMILES string of the molecule is Cc1ccccc1C(=O)NCCc1ccc2c(c1)ncn2C. The zero-order valence-corrected chi connectivity index (χ0v) is 12.8. The molecule has 1 amide bonds. The molecular formula is C18H19N3O. The molecule has 2 aromatic carbocycles. The molecule has 1 heterocycles. The summed E-state index contributed by atoms with van der Waals surface area (Å²) in [6, 6.07) is 13.9. The van der Waals surface area contributed by atoms with Gasteiger partial charge in [0, 0.05) is 19.2 Å². The quantitative estimate of drug-likeness (QED) is 0.804. The van der Waals surface area contributed by atoms with Gasteiger partial charge in [-0.2, -0.15) is 0 Å². The van der Waals surface area contributed by atoms with Crippen molar-refractivity contribution in [2.24, 2.45) is 7.05 Å². The highest BCUT2D eigenvalue weighted by atomic mass is 16.1. The van der Waals surface area contributed by atoms with Crippen molar-refractivity contribution in [1.82, 2.24) is 14.9 Å². The molecule has 1 N–H and O–H groups in total. The molecule has 1 aromatic heterocycles. The van der Waals surface area contributed by atoms with Gasteiger partial charge < -0.3 is 9.88 Å². The summed E-state index contributed by atoms with van der Waals surface area (Å²) in [4.78, 5) is 16.5. The highest BCUT2D eigenvalue weighted by Gasteiger charge is 2.07. The molecule has 0 aliphatic rings. The van der Waals surface area contributed by atoms with Gasteiger partial charge in [0.2, 0.25) is 0 Å². The summed E-state index contributed by atoms with van der Waals surface area (Å²) in [6.07, 6.45) is 2.61. The fourth-order valence-corrected chi connectivity index (χ4v) is 2.58. The van der Waals surface area contributed by atoms with E-state index in [9.17, 15) is 4.79 Å². The van der Waals surface area contributed by atoms with Gasteiger partial charge in [0.25, 0.3) is 5.91 Å². The minimum Gasteiger partial charge on any atom is -0.352 e. The fraction of sp³-hybridized carbons (Fsp3) is 0.222. The van der Waals surface area contributed by atoms with Crippen LogP contribution in [0.3, 0.4) is 0 Å². The van der Waals surface area contributed by atoms with Crippen molar-refractivity contribution < 1.29 is 4.79 Å². The number of carbonyl (C=O) groups is 1. The average Bonchev–Trinajstić information content (AvgIpc) is 2.88. The Kier molecular flexibility index (Phi) is 3.92. The van der Waals surface area contributed by atoms with E-state index in [1.807, 2.05) is 49.1 Å². The average molecular weight is 293 g/mol. The number of aromatic nitrogens is 2. The summed E-state index contributed by atoms with van der Waals surface area (Å²) in [7, 11) is 1.98. The van der Waals surface area contributed by atoms with Gasteiger partial charge in [-0.25, -0.2) is 4.98 Å². The van der Waals surface area contributed by atoms with Gasteiger partial charge in [-0.3, -0.25) is 4.79 Å². The Bertz CT molecular complexity index is 820. The lowest BCUT2D eigenvalue weighted by Gasteiger charge is -2.07. The third kappa shape index (κ3) is 2.86. The number of hydrogen-bond donors (Lipinski definition) is 1. The first-order chi connectivity index (χ1) is 10.6. The van der Waals surface area contributed by atoms with Gasteiger partial charge in [0.1, 0.15) is 0 Å². The highest BCUT2D eigenvalue weighted by molar-refractivity contribution is 5.95. The van der Waals surface area contributed by atoms with Crippen LogP contribution in [0.25, 0.3) is 11.0 Å². The maximum absolute atomic E-state index is 12.1. The Morgan fingerprint density at radius 3 is 2.86 bits per heavy atom. The summed E-state index contributed by atoms with van der Waals surface area (Å²) in [5.41, 5.74) is 5.02. The Hall–Kier alpha value is -2.62. The van der Waals surface area contributed by atoms with Gasteiger partial charge in [-0.05, 0) is 42.7 Å². The summed E-state index contributed by atoms with van der Waals surface area (Å²) in [6.45, 7) is 2.56. The molecule has 112 valence electrons. The molecule has 0 saturated carbocycles. The van der Waals surface area contributed by atoms with Gasteiger partial charge in [0.15, 0.2) is 0 Å². The first-order valence-corrected chi connectivity index (χ1v) is 7.39. The van der Waals surface area contributed by atoms with Crippen molar-refractivity contribution in [1.29, 1.82) is 0 Å². The number of carbonyl (C=O) groups excluding carboxylic acids is 1. The summed E-state index contributed by atoms with van der Waals surface area (Å²) in [5.74, 6) is -0.0167. The van der Waals surface area contributed by atoms with Crippen LogP contribution in [0.15, 0.2) is 48.8 Å². The molecule has 0 saturated heterocycles. The second-order valence-electron chi connectivity index (χ2n) is 5.50. The summed E-state index contributed by atoms with van der Waals surface area (Å²) in [5, 5.41) is 2.98. The molecule has 4 nitrogen and oxygen atoms in total. The maximum Gasteiger partial charge on any atom is 0.251 e. The molecule has 3 aromatic rings. The van der Waals surface area contributed by atoms with E-state index in [0.717, 1.165) is 28.6 Å². The molecule has 4 heteroatoms. The van der Waals surface area contributed by atoms with Gasteiger partial charge >= 0.3 is 0 Å². The molecule has 3 rings (SSSR count). The lowest BCUT2D eigenvalue weighted by molar-refractivity contribution is 0.0953. The van der Waals surface area contributed by atoms with Crippen LogP contribution in [0.2, 0.25) is 0 Å². The first-order valence-electron chi connectivity index (χ1n) is 7.39. The molecule has 22 heavy (non-hydrogen) atoms. The number of hydrogen-bond acceptors (Lipinski definition) is 2. The van der Waals surface area contributed by atoms with Crippen LogP contribution in [0, 0.1) is 6.92 Å². The van der Waals surface area contributed by atoms with Crippen LogP contribution in [0.4, 0.5) is 0 Å². The van der Waals surface area contributed by atoms with Gasteiger partial charge in [-0.1, -0.05) is 24.3 Å². The van der Waals surface area contributed by atoms with Crippen molar-refractivity contribution in [3.63, 3.8) is 0 Å². The smallest absolute Gasteiger partial charge is 0.251 e. The molecule has 0 radical (unpaired) electrons. The topological polar surface area (TPSA) is 46.9 Å². The van der Waals surface area contributed by atoms with E-state index in [2.05, 4.69) is 28.5 Å². The second kappa shape index (κ2) is 6.02. The van der Waals surface area contributed by atoms with Crippen LogP contribution in [0.5, 0.6) is 0 Å². The zero-order chi connectivity index (χ0) is 15.5. The van der Waals surface area contributed by atoms with E-state index in [0.29, 0.717) is 6.54 Å². The fourth-order valence-electron chi connectivity index (χ4n) is 2.58. The molecule has 0 aliphatic heterocycles. The largest absolute Gasteiger partial charge is 0.352 e. The van der Waals surface area contributed by atoms with E-state index < -0.39 is 0 Å². The van der Waals surface area contributed by atoms with Crippen molar-refractivity contribution in [2.45, 2.75) is 13.3 Å². The highest BCUT2D eigenvalue weighted by Crippen LogP contribution is 2.14. The second-order valence-corrected chi connectivity index (χ2v) is 5.50. The van der Waals surface area contributed by atoms with Crippen molar-refractivity contribution in [2.75, 3.05) is 6.54 Å². The van der Waals surface area contributed by atoms with E-state index >= 15 is 0 Å². The third-order valence-electron chi connectivity index (χ3n) is 3.88. The predicted molar refractivity (Wildman–Crippen MR) is 87.9 cm³/mol. The standard InChI is InChI=1S/C18H19N3O/c1-13-5-3-4-6-15(13)18(22)19-10-9-14-7-8-17-16(11-14)20-12-21(17)2/h3-8,11-12H,9-10H2,1-2H3,(H,19,22). The normalized spacial score (nSPS) is 10.8. The van der Waals surface area contributed by atoms with Crippen molar-refractivity contribution in [3.8, 4) is 0 Å². The van der Waals surface area contributed by atoms with Crippen LogP contribution in [-0.4, -0.2) is 22.0 Å². The summed E-state index contributed by atoms with van der Waals surface area (Å²) < 4.78 is 2.00.